The molecule has 3 aromatic rings. The molecule has 33 heavy (non-hydrogen) atoms. The maximum absolute atomic E-state index is 13.1. The van der Waals surface area contributed by atoms with E-state index in [0.717, 1.165) is 35.6 Å². The normalized spacial score (nSPS) is 12.8. The van der Waals surface area contributed by atoms with Crippen LogP contribution in [0, 0.1) is 5.82 Å². The lowest BCUT2D eigenvalue weighted by atomic mass is 10.3. The number of amides is 1. The summed E-state index contributed by atoms with van der Waals surface area (Å²) < 4.78 is 67.8. The molecule has 10 nitrogen and oxygen atoms in total. The molecule has 0 atom stereocenters. The highest BCUT2D eigenvalue weighted by Crippen LogP contribution is 2.22. The Hall–Kier alpha value is -2.94. The molecule has 0 aliphatic carbocycles. The van der Waals surface area contributed by atoms with E-state index in [2.05, 4.69) is 9.73 Å². The first kappa shape index (κ1) is 24.7. The number of aromatic nitrogens is 1. The highest BCUT2D eigenvalue weighted by molar-refractivity contribution is 7.92. The first-order chi connectivity index (χ1) is 15.4. The van der Waals surface area contributed by atoms with Gasteiger partial charge in [-0.15, -0.1) is 0 Å². The van der Waals surface area contributed by atoms with E-state index < -0.39 is 43.3 Å². The number of aryl methyl sites for hydroxylation is 1. The maximum atomic E-state index is 13.1. The second kappa shape index (κ2) is 9.51. The lowest BCUT2D eigenvalue weighted by molar-refractivity contribution is -0.140. The molecule has 0 radical (unpaired) electrons. The lowest BCUT2D eigenvalue weighted by Gasteiger charge is -2.05. The largest absolute Gasteiger partial charge is 0.469 e. The SMILES string of the molecule is COC(=O)CCn1c(=NC(=O)CS(=O)(=O)c2ccc(F)cc2)sc2cc(S(N)(=O)=O)ccc21. The van der Waals surface area contributed by atoms with Crippen molar-refractivity contribution in [3.05, 3.63) is 53.1 Å². The molecule has 2 N–H and O–H groups in total. The predicted octanol–water partition coefficient (Wildman–Crippen LogP) is 0.954. The van der Waals surface area contributed by atoms with Crippen LogP contribution < -0.4 is 9.94 Å². The fourth-order valence-electron chi connectivity index (χ4n) is 2.86. The minimum Gasteiger partial charge on any atom is -0.469 e. The molecule has 0 bridgehead atoms. The van der Waals surface area contributed by atoms with Gasteiger partial charge in [-0.1, -0.05) is 11.3 Å². The van der Waals surface area contributed by atoms with Gasteiger partial charge in [-0.05, 0) is 42.5 Å². The molecule has 0 fully saturated rings. The zero-order chi connectivity index (χ0) is 24.4. The number of rotatable bonds is 7. The minimum atomic E-state index is -4.08. The first-order valence-corrected chi connectivity index (χ1v) is 13.2. The average molecular weight is 516 g/mol. The van der Waals surface area contributed by atoms with Gasteiger partial charge in [0.05, 0.1) is 33.5 Å². The number of sulfone groups is 1. The zero-order valence-corrected chi connectivity index (χ0v) is 19.5. The molecule has 0 aliphatic rings. The number of sulfonamides is 1. The Morgan fingerprint density at radius 3 is 2.33 bits per heavy atom. The number of ether oxygens (including phenoxy) is 1. The Kier molecular flexibility index (Phi) is 7.11. The van der Waals surface area contributed by atoms with Crippen LogP contribution in [0.2, 0.25) is 0 Å². The van der Waals surface area contributed by atoms with Crippen molar-refractivity contribution in [2.24, 2.45) is 10.1 Å². The Labute approximate surface area is 192 Å². The van der Waals surface area contributed by atoms with Gasteiger partial charge < -0.3 is 9.30 Å². The third kappa shape index (κ3) is 5.90. The number of carbonyl (C=O) groups is 2. The molecule has 0 aliphatic heterocycles. The standard InChI is InChI=1S/C19H18FN3O7S3/c1-30-18(25)8-9-23-15-7-6-14(33(21,28)29)10-16(15)31-19(23)22-17(24)11-32(26,27)13-4-2-12(20)3-5-13/h2-7,10H,8-9,11H2,1H3,(H2,21,28,29). The number of fused-ring (bicyclic) bond motifs is 1. The summed E-state index contributed by atoms with van der Waals surface area (Å²) >= 11 is 0.924. The van der Waals surface area contributed by atoms with E-state index in [9.17, 15) is 30.8 Å². The smallest absolute Gasteiger partial charge is 0.307 e. The molecule has 0 spiro atoms. The van der Waals surface area contributed by atoms with Crippen molar-refractivity contribution in [1.82, 2.24) is 4.57 Å². The second-order valence-corrected chi connectivity index (χ2v) is 11.3. The Bertz CT molecular complexity index is 1510. The number of primary sulfonamides is 1. The number of carbonyl (C=O) groups excluding carboxylic acids is 2. The second-order valence-electron chi connectivity index (χ2n) is 6.76. The highest BCUT2D eigenvalue weighted by Gasteiger charge is 2.20. The number of nitrogens with zero attached hydrogens (tertiary/aromatic N) is 2. The summed E-state index contributed by atoms with van der Waals surface area (Å²) in [6.45, 7) is 0.0399. The van der Waals surface area contributed by atoms with Crippen molar-refractivity contribution in [3.8, 4) is 0 Å². The Morgan fingerprint density at radius 1 is 1.09 bits per heavy atom. The Morgan fingerprint density at radius 2 is 1.73 bits per heavy atom. The van der Waals surface area contributed by atoms with Crippen LogP contribution in [0.4, 0.5) is 4.39 Å². The van der Waals surface area contributed by atoms with Crippen LogP contribution in [0.25, 0.3) is 10.2 Å². The van der Waals surface area contributed by atoms with Crippen LogP contribution >= 0.6 is 11.3 Å². The van der Waals surface area contributed by atoms with Crippen LogP contribution in [-0.4, -0.2) is 46.1 Å². The van der Waals surface area contributed by atoms with Gasteiger partial charge >= 0.3 is 5.97 Å². The molecule has 1 aromatic heterocycles. The summed E-state index contributed by atoms with van der Waals surface area (Å²) in [6.07, 6.45) is -0.0749. The van der Waals surface area contributed by atoms with Crippen LogP contribution in [0.15, 0.2) is 57.2 Å². The van der Waals surface area contributed by atoms with Gasteiger partial charge in [0.25, 0.3) is 5.91 Å². The van der Waals surface area contributed by atoms with Crippen molar-refractivity contribution in [2.75, 3.05) is 12.9 Å². The Balaban J connectivity index is 2.04. The molecular weight excluding hydrogens is 497 g/mol. The number of benzene rings is 2. The number of hydrogen-bond acceptors (Lipinski definition) is 8. The number of nitrogens with two attached hydrogens (primary N) is 1. The molecule has 0 unspecified atom stereocenters. The molecule has 0 saturated heterocycles. The third-order valence-corrected chi connectivity index (χ3v) is 8.03. The summed E-state index contributed by atoms with van der Waals surface area (Å²) in [7, 11) is -6.85. The number of methoxy groups -OCH3 is 1. The van der Waals surface area contributed by atoms with Gasteiger partial charge in [-0.2, -0.15) is 4.99 Å². The monoisotopic (exact) mass is 515 g/mol. The fourth-order valence-corrected chi connectivity index (χ4v) is 5.70. The number of hydrogen-bond donors (Lipinski definition) is 1. The van der Waals surface area contributed by atoms with Crippen LogP contribution in [0.3, 0.4) is 0 Å². The van der Waals surface area contributed by atoms with Crippen LogP contribution in [0.5, 0.6) is 0 Å². The van der Waals surface area contributed by atoms with Gasteiger partial charge in [0, 0.05) is 6.54 Å². The fraction of sp³-hybridized carbons (Fsp3) is 0.211. The van der Waals surface area contributed by atoms with Crippen molar-refractivity contribution in [1.29, 1.82) is 0 Å². The molecule has 2 aromatic carbocycles. The van der Waals surface area contributed by atoms with Gasteiger partial charge in [-0.3, -0.25) is 9.59 Å². The van der Waals surface area contributed by atoms with Gasteiger partial charge in [0.15, 0.2) is 14.6 Å². The van der Waals surface area contributed by atoms with Crippen LogP contribution in [-0.2, 0) is 40.7 Å². The first-order valence-electron chi connectivity index (χ1n) is 9.19. The van der Waals surface area contributed by atoms with E-state index in [-0.39, 0.29) is 27.6 Å². The third-order valence-electron chi connectivity index (χ3n) is 4.46. The van der Waals surface area contributed by atoms with E-state index >= 15 is 0 Å². The van der Waals surface area contributed by atoms with E-state index in [1.165, 1.54) is 29.9 Å². The van der Waals surface area contributed by atoms with Gasteiger partial charge in [0.1, 0.15) is 11.6 Å². The van der Waals surface area contributed by atoms with Crippen molar-refractivity contribution in [2.45, 2.75) is 22.8 Å². The van der Waals surface area contributed by atoms with E-state index in [1.807, 2.05) is 0 Å². The summed E-state index contributed by atoms with van der Waals surface area (Å²) in [4.78, 5) is 27.6. The van der Waals surface area contributed by atoms with Crippen LogP contribution in [0.1, 0.15) is 6.42 Å². The summed E-state index contributed by atoms with van der Waals surface area (Å²) in [6, 6.07) is 8.02. The van der Waals surface area contributed by atoms with Gasteiger partial charge in [-0.25, -0.2) is 26.4 Å². The molecule has 1 heterocycles. The zero-order valence-electron chi connectivity index (χ0n) is 17.1. The summed E-state index contributed by atoms with van der Waals surface area (Å²) in [5, 5.41) is 5.16. The summed E-state index contributed by atoms with van der Waals surface area (Å²) in [5.74, 6) is -3.11. The number of halogens is 1. The predicted molar refractivity (Wildman–Crippen MR) is 117 cm³/mol. The van der Waals surface area contributed by atoms with Crippen molar-refractivity contribution < 1.29 is 35.6 Å². The average Bonchev–Trinajstić information content (AvgIpc) is 3.07. The topological polar surface area (TPSA) is 155 Å². The number of thiazole rings is 1. The maximum Gasteiger partial charge on any atom is 0.307 e. The molecule has 14 heteroatoms. The molecule has 0 saturated carbocycles. The van der Waals surface area contributed by atoms with E-state index in [1.54, 1.807) is 0 Å². The van der Waals surface area contributed by atoms with Crippen molar-refractivity contribution in [3.63, 3.8) is 0 Å². The minimum absolute atomic E-state index is 0.0399. The molecular formula is C19H18FN3O7S3. The molecule has 176 valence electrons. The number of esters is 1. The lowest BCUT2D eigenvalue weighted by Crippen LogP contribution is -2.22. The molecule has 1 amide bonds. The highest BCUT2D eigenvalue weighted by atomic mass is 32.2. The van der Waals surface area contributed by atoms with Crippen molar-refractivity contribution >= 4 is 53.3 Å². The van der Waals surface area contributed by atoms with E-state index in [4.69, 9.17) is 5.14 Å². The molecule has 3 rings (SSSR count). The van der Waals surface area contributed by atoms with Gasteiger partial charge in [0.2, 0.25) is 10.0 Å². The van der Waals surface area contributed by atoms with E-state index in [0.29, 0.717) is 10.2 Å². The summed E-state index contributed by atoms with van der Waals surface area (Å²) in [5.41, 5.74) is 0.462. The quantitative estimate of drug-likeness (QED) is 0.363.